The van der Waals surface area contributed by atoms with Crippen LogP contribution in [0.2, 0.25) is 4.47 Å². The maximum atomic E-state index is 5.74. The first-order valence-electron chi connectivity index (χ1n) is 5.11. The summed E-state index contributed by atoms with van der Waals surface area (Å²) in [7, 11) is 0. The van der Waals surface area contributed by atoms with E-state index in [4.69, 9.17) is 17.3 Å². The number of rotatable bonds is 3. The summed E-state index contributed by atoms with van der Waals surface area (Å²) in [6.07, 6.45) is 1.18. The van der Waals surface area contributed by atoms with Crippen molar-refractivity contribution in [3.05, 3.63) is 9.47 Å². The normalized spacial score (nSPS) is 27.4. The topological polar surface area (TPSA) is 55.0 Å². The van der Waals surface area contributed by atoms with Crippen molar-refractivity contribution in [3.8, 4) is 0 Å². The van der Waals surface area contributed by atoms with Crippen LogP contribution in [0.3, 0.4) is 0 Å². The highest BCUT2D eigenvalue weighted by Crippen LogP contribution is 2.25. The lowest BCUT2D eigenvalue weighted by Crippen LogP contribution is -2.27. The van der Waals surface area contributed by atoms with Gasteiger partial charge in [0.1, 0.15) is 5.01 Å². The largest absolute Gasteiger partial charge is 0.330 e. The lowest BCUT2D eigenvalue weighted by atomic mass is 10.1. The van der Waals surface area contributed by atoms with Crippen LogP contribution in [0.15, 0.2) is 0 Å². The zero-order valence-electron chi connectivity index (χ0n) is 8.69. The van der Waals surface area contributed by atoms with Crippen LogP contribution < -0.4 is 5.73 Å². The Morgan fingerprint density at radius 2 is 2.40 bits per heavy atom. The molecular weight excluding hydrogens is 232 g/mol. The summed E-state index contributed by atoms with van der Waals surface area (Å²) in [4.78, 5) is 2.40. The summed E-state index contributed by atoms with van der Waals surface area (Å²) in [5.74, 6) is 0.628. The van der Waals surface area contributed by atoms with E-state index in [1.54, 1.807) is 0 Å². The highest BCUT2D eigenvalue weighted by Gasteiger charge is 2.28. The van der Waals surface area contributed by atoms with Gasteiger partial charge in [0.05, 0.1) is 6.54 Å². The van der Waals surface area contributed by atoms with E-state index in [2.05, 4.69) is 22.0 Å². The molecule has 1 aromatic rings. The van der Waals surface area contributed by atoms with Gasteiger partial charge in [0.2, 0.25) is 4.47 Å². The van der Waals surface area contributed by atoms with Crippen LogP contribution >= 0.6 is 22.9 Å². The minimum absolute atomic E-state index is 0.521. The van der Waals surface area contributed by atoms with Gasteiger partial charge in [0, 0.05) is 12.6 Å². The first-order chi connectivity index (χ1) is 7.19. The molecule has 2 unspecified atom stereocenters. The predicted octanol–water partition coefficient (Wildman–Crippen LogP) is 1.36. The number of nitrogens with two attached hydrogens (primary N) is 1. The van der Waals surface area contributed by atoms with Crippen molar-refractivity contribution in [3.63, 3.8) is 0 Å². The van der Waals surface area contributed by atoms with Crippen molar-refractivity contribution in [2.24, 2.45) is 11.7 Å². The molecular formula is C9H15ClN4S. The second-order valence-electron chi connectivity index (χ2n) is 4.06. The van der Waals surface area contributed by atoms with Gasteiger partial charge in [-0.2, -0.15) is 0 Å². The third kappa shape index (κ3) is 2.66. The van der Waals surface area contributed by atoms with E-state index < -0.39 is 0 Å². The van der Waals surface area contributed by atoms with Gasteiger partial charge in [-0.25, -0.2) is 0 Å². The van der Waals surface area contributed by atoms with Gasteiger partial charge >= 0.3 is 0 Å². The minimum atomic E-state index is 0.521. The first-order valence-corrected chi connectivity index (χ1v) is 6.30. The fraction of sp³-hybridized carbons (Fsp3) is 0.778. The van der Waals surface area contributed by atoms with Crippen LogP contribution in [0.25, 0.3) is 0 Å². The zero-order chi connectivity index (χ0) is 10.8. The summed E-state index contributed by atoms with van der Waals surface area (Å²) in [6, 6.07) is 0.584. The van der Waals surface area contributed by atoms with Crippen molar-refractivity contribution >= 4 is 22.9 Å². The van der Waals surface area contributed by atoms with E-state index in [1.165, 1.54) is 17.8 Å². The molecule has 84 valence electrons. The van der Waals surface area contributed by atoms with Crippen molar-refractivity contribution in [1.82, 2.24) is 15.1 Å². The molecule has 0 radical (unpaired) electrons. The molecule has 15 heavy (non-hydrogen) atoms. The Morgan fingerprint density at radius 3 is 2.93 bits per heavy atom. The number of hydrogen-bond acceptors (Lipinski definition) is 5. The summed E-state index contributed by atoms with van der Waals surface area (Å²) in [5, 5.41) is 8.82. The number of halogens is 1. The number of hydrogen-bond donors (Lipinski definition) is 1. The summed E-state index contributed by atoms with van der Waals surface area (Å²) < 4.78 is 0.521. The lowest BCUT2D eigenvalue weighted by Gasteiger charge is -2.18. The molecule has 0 saturated carbocycles. The molecule has 6 heteroatoms. The Morgan fingerprint density at radius 1 is 1.60 bits per heavy atom. The highest BCUT2D eigenvalue weighted by atomic mass is 35.5. The maximum Gasteiger partial charge on any atom is 0.207 e. The quantitative estimate of drug-likeness (QED) is 0.875. The molecule has 0 aromatic carbocycles. The average Bonchev–Trinajstić information content (AvgIpc) is 2.75. The van der Waals surface area contributed by atoms with E-state index in [1.807, 2.05) is 0 Å². The van der Waals surface area contributed by atoms with Gasteiger partial charge in [-0.1, -0.05) is 11.3 Å². The van der Waals surface area contributed by atoms with Gasteiger partial charge in [-0.3, -0.25) is 4.90 Å². The Balaban J connectivity index is 1.95. The summed E-state index contributed by atoms with van der Waals surface area (Å²) in [5.41, 5.74) is 5.68. The monoisotopic (exact) mass is 246 g/mol. The van der Waals surface area contributed by atoms with Gasteiger partial charge in [-0.05, 0) is 37.4 Å². The van der Waals surface area contributed by atoms with Gasteiger partial charge < -0.3 is 5.73 Å². The Hall–Kier alpha value is -0.230. The summed E-state index contributed by atoms with van der Waals surface area (Å²) in [6.45, 7) is 4.92. The Labute approximate surface area is 98.4 Å². The molecule has 1 saturated heterocycles. The van der Waals surface area contributed by atoms with Crippen molar-refractivity contribution in [2.75, 3.05) is 13.1 Å². The Bertz CT molecular complexity index is 330. The SMILES string of the molecule is CC1CC(CN)CN1Cc1nnc(Cl)s1. The fourth-order valence-corrected chi connectivity index (χ4v) is 2.97. The zero-order valence-corrected chi connectivity index (χ0v) is 10.3. The second kappa shape index (κ2) is 4.74. The maximum absolute atomic E-state index is 5.74. The smallest absolute Gasteiger partial charge is 0.207 e. The molecule has 0 amide bonds. The van der Waals surface area contributed by atoms with Gasteiger partial charge in [0.15, 0.2) is 0 Å². The van der Waals surface area contributed by atoms with E-state index in [-0.39, 0.29) is 0 Å². The molecule has 2 heterocycles. The molecule has 1 fully saturated rings. The fourth-order valence-electron chi connectivity index (χ4n) is 2.08. The molecule has 1 aromatic heterocycles. The van der Waals surface area contributed by atoms with E-state index in [0.717, 1.165) is 24.6 Å². The number of likely N-dealkylation sites (tertiary alicyclic amines) is 1. The molecule has 2 atom stereocenters. The van der Waals surface area contributed by atoms with Crippen LogP contribution in [0.4, 0.5) is 0 Å². The van der Waals surface area contributed by atoms with Crippen LogP contribution in [-0.4, -0.2) is 34.2 Å². The van der Waals surface area contributed by atoms with Crippen LogP contribution in [0.1, 0.15) is 18.4 Å². The van der Waals surface area contributed by atoms with Crippen molar-refractivity contribution in [1.29, 1.82) is 0 Å². The van der Waals surface area contributed by atoms with Crippen molar-refractivity contribution in [2.45, 2.75) is 25.9 Å². The first kappa shape index (κ1) is 11.3. The molecule has 0 spiro atoms. The molecule has 1 aliphatic heterocycles. The molecule has 4 nitrogen and oxygen atoms in total. The lowest BCUT2D eigenvalue weighted by molar-refractivity contribution is 0.255. The molecule has 2 N–H and O–H groups in total. The van der Waals surface area contributed by atoms with E-state index in [0.29, 0.717) is 16.4 Å². The van der Waals surface area contributed by atoms with Crippen LogP contribution in [0.5, 0.6) is 0 Å². The molecule has 1 aliphatic rings. The van der Waals surface area contributed by atoms with Crippen LogP contribution in [0, 0.1) is 5.92 Å². The predicted molar refractivity (Wildman–Crippen MR) is 62.0 cm³/mol. The van der Waals surface area contributed by atoms with E-state index in [9.17, 15) is 0 Å². The molecule has 0 bridgehead atoms. The average molecular weight is 247 g/mol. The third-order valence-corrected chi connectivity index (χ3v) is 3.91. The third-order valence-electron chi connectivity index (χ3n) is 2.90. The molecule has 0 aliphatic carbocycles. The number of nitrogens with zero attached hydrogens (tertiary/aromatic N) is 3. The number of aromatic nitrogens is 2. The highest BCUT2D eigenvalue weighted by molar-refractivity contribution is 7.15. The molecule has 2 rings (SSSR count). The van der Waals surface area contributed by atoms with Gasteiger partial charge in [-0.15, -0.1) is 10.2 Å². The minimum Gasteiger partial charge on any atom is -0.330 e. The summed E-state index contributed by atoms with van der Waals surface area (Å²) >= 11 is 7.20. The Kier molecular flexibility index (Phi) is 3.56. The van der Waals surface area contributed by atoms with Gasteiger partial charge in [0.25, 0.3) is 0 Å². The van der Waals surface area contributed by atoms with Crippen LogP contribution in [-0.2, 0) is 6.54 Å². The standard InChI is InChI=1S/C9H15ClN4S/c1-6-2-7(3-11)4-14(6)5-8-12-13-9(10)15-8/h6-7H,2-5,11H2,1H3. The van der Waals surface area contributed by atoms with E-state index >= 15 is 0 Å². The second-order valence-corrected chi connectivity index (χ2v) is 5.71. The van der Waals surface area contributed by atoms with Crippen molar-refractivity contribution < 1.29 is 0 Å².